The summed E-state index contributed by atoms with van der Waals surface area (Å²) in [4.78, 5) is 11.1. The summed E-state index contributed by atoms with van der Waals surface area (Å²) in [7, 11) is 0. The van der Waals surface area contributed by atoms with E-state index in [0.29, 0.717) is 10.6 Å². The molecule has 4 heteroatoms. The molecule has 2 aromatic rings. The van der Waals surface area contributed by atoms with Gasteiger partial charge in [-0.1, -0.05) is 51.8 Å². The predicted molar refractivity (Wildman–Crippen MR) is 66.8 cm³/mol. The van der Waals surface area contributed by atoms with E-state index in [-0.39, 0.29) is 0 Å². The van der Waals surface area contributed by atoms with Crippen LogP contribution in [0.3, 0.4) is 0 Å². The molecule has 0 spiro atoms. The van der Waals surface area contributed by atoms with Crippen molar-refractivity contribution in [3.8, 4) is 0 Å². The molecule has 0 unspecified atom stereocenters. The Hall–Kier alpha value is -0.570. The minimum Gasteiger partial charge on any atom is -0.276 e. The quantitative estimate of drug-likeness (QED) is 0.702. The highest BCUT2D eigenvalue weighted by molar-refractivity contribution is 9.10. The van der Waals surface area contributed by atoms with Crippen molar-refractivity contribution < 1.29 is 4.79 Å². The lowest BCUT2D eigenvalue weighted by Gasteiger charge is -2.06. The molecule has 15 heavy (non-hydrogen) atoms. The summed E-state index contributed by atoms with van der Waals surface area (Å²) >= 11 is 14.9. The van der Waals surface area contributed by atoms with Crippen LogP contribution in [0.5, 0.6) is 0 Å². The largest absolute Gasteiger partial charge is 0.276 e. The first-order valence-corrected chi connectivity index (χ1v) is 5.72. The van der Waals surface area contributed by atoms with Gasteiger partial charge in [-0.15, -0.1) is 0 Å². The van der Waals surface area contributed by atoms with E-state index in [1.807, 2.05) is 24.3 Å². The van der Waals surface area contributed by atoms with Crippen LogP contribution in [0.4, 0.5) is 0 Å². The second-order valence-corrected chi connectivity index (χ2v) is 4.61. The second kappa shape index (κ2) is 4.12. The van der Waals surface area contributed by atoms with E-state index in [1.165, 1.54) is 0 Å². The Balaban J connectivity index is 2.90. The average Bonchev–Trinajstić information content (AvgIpc) is 2.23. The lowest BCUT2D eigenvalue weighted by atomic mass is 10.1. The summed E-state index contributed by atoms with van der Waals surface area (Å²) in [6.07, 6.45) is 0. The molecule has 2 rings (SSSR count). The highest BCUT2D eigenvalue weighted by Gasteiger charge is 2.13. The van der Waals surface area contributed by atoms with E-state index in [0.717, 1.165) is 15.2 Å². The van der Waals surface area contributed by atoms with E-state index < -0.39 is 5.24 Å². The molecule has 2 aromatic carbocycles. The molecule has 0 radical (unpaired) electrons. The predicted octanol–water partition coefficient (Wildman–Crippen LogP) is 4.63. The van der Waals surface area contributed by atoms with Crippen LogP contribution < -0.4 is 0 Å². The fraction of sp³-hybridized carbons (Fsp3) is 0. The fourth-order valence-corrected chi connectivity index (χ4v) is 2.52. The van der Waals surface area contributed by atoms with Crippen LogP contribution in [0.25, 0.3) is 10.8 Å². The molecular formula is C11H5BrCl2O. The molecule has 1 nitrogen and oxygen atoms in total. The zero-order valence-corrected chi connectivity index (χ0v) is 10.5. The van der Waals surface area contributed by atoms with Crippen molar-refractivity contribution in [3.05, 3.63) is 45.4 Å². The van der Waals surface area contributed by atoms with Crippen molar-refractivity contribution in [1.82, 2.24) is 0 Å². The van der Waals surface area contributed by atoms with Gasteiger partial charge in [-0.3, -0.25) is 4.79 Å². The molecule has 0 saturated carbocycles. The fourth-order valence-electron chi connectivity index (χ4n) is 1.44. The Labute approximate surface area is 105 Å². The van der Waals surface area contributed by atoms with E-state index in [9.17, 15) is 4.79 Å². The zero-order chi connectivity index (χ0) is 11.0. The summed E-state index contributed by atoms with van der Waals surface area (Å²) in [5.41, 5.74) is 0.323. The summed E-state index contributed by atoms with van der Waals surface area (Å²) < 4.78 is 0.812. The van der Waals surface area contributed by atoms with E-state index in [1.54, 1.807) is 6.07 Å². The minimum atomic E-state index is -0.550. The van der Waals surface area contributed by atoms with Crippen molar-refractivity contribution >= 4 is 55.1 Å². The van der Waals surface area contributed by atoms with Gasteiger partial charge in [0.15, 0.2) is 0 Å². The molecular weight excluding hydrogens is 299 g/mol. The second-order valence-electron chi connectivity index (χ2n) is 3.04. The molecule has 0 aliphatic heterocycles. The lowest BCUT2D eigenvalue weighted by Crippen LogP contribution is -1.92. The maximum atomic E-state index is 11.1. The standard InChI is InChI=1S/C11H5BrCl2O/c12-9-5-8(11(14)15)10(13)7-4-2-1-3-6(7)9/h1-5H. The first kappa shape index (κ1) is 10.9. The summed E-state index contributed by atoms with van der Waals surface area (Å²) in [5, 5.41) is 1.63. The highest BCUT2D eigenvalue weighted by atomic mass is 79.9. The Morgan fingerprint density at radius 3 is 2.40 bits per heavy atom. The molecule has 0 amide bonds. The third-order valence-corrected chi connectivity index (χ3v) is 3.41. The molecule has 0 atom stereocenters. The van der Waals surface area contributed by atoms with Gasteiger partial charge in [0.05, 0.1) is 10.6 Å². The van der Waals surface area contributed by atoms with Crippen molar-refractivity contribution in [2.45, 2.75) is 0 Å². The van der Waals surface area contributed by atoms with Gasteiger partial charge in [-0.05, 0) is 23.1 Å². The van der Waals surface area contributed by atoms with Crippen LogP contribution in [0.15, 0.2) is 34.8 Å². The molecule has 0 bridgehead atoms. The maximum absolute atomic E-state index is 11.1. The molecule has 0 heterocycles. The normalized spacial score (nSPS) is 10.6. The molecule has 0 saturated heterocycles. The van der Waals surface area contributed by atoms with Crippen LogP contribution in [0.1, 0.15) is 10.4 Å². The van der Waals surface area contributed by atoms with E-state index in [2.05, 4.69) is 15.9 Å². The third kappa shape index (κ3) is 1.89. The van der Waals surface area contributed by atoms with Gasteiger partial charge in [-0.2, -0.15) is 0 Å². The molecule has 0 aliphatic carbocycles. The smallest absolute Gasteiger partial charge is 0.253 e. The van der Waals surface area contributed by atoms with E-state index >= 15 is 0 Å². The van der Waals surface area contributed by atoms with Gasteiger partial charge in [0.1, 0.15) is 0 Å². The SMILES string of the molecule is O=C(Cl)c1cc(Br)c2ccccc2c1Cl. The number of hydrogen-bond acceptors (Lipinski definition) is 1. The van der Waals surface area contributed by atoms with Gasteiger partial charge < -0.3 is 0 Å². The Kier molecular flexibility index (Phi) is 3.01. The van der Waals surface area contributed by atoms with Crippen LogP contribution in [-0.2, 0) is 0 Å². The molecule has 0 aromatic heterocycles. The molecule has 0 fully saturated rings. The van der Waals surface area contributed by atoms with E-state index in [4.69, 9.17) is 23.2 Å². The third-order valence-electron chi connectivity index (χ3n) is 2.14. The number of fused-ring (bicyclic) bond motifs is 1. The Morgan fingerprint density at radius 1 is 1.20 bits per heavy atom. The topological polar surface area (TPSA) is 17.1 Å². The Morgan fingerprint density at radius 2 is 1.80 bits per heavy atom. The summed E-state index contributed by atoms with van der Waals surface area (Å²) in [6.45, 7) is 0. The van der Waals surface area contributed by atoms with Crippen molar-refractivity contribution in [2.24, 2.45) is 0 Å². The maximum Gasteiger partial charge on any atom is 0.253 e. The van der Waals surface area contributed by atoms with Gasteiger partial charge in [0.25, 0.3) is 5.24 Å². The summed E-state index contributed by atoms with van der Waals surface area (Å²) in [6, 6.07) is 9.19. The van der Waals surface area contributed by atoms with Crippen LogP contribution in [0, 0.1) is 0 Å². The monoisotopic (exact) mass is 302 g/mol. The molecule has 0 aliphatic rings. The first-order valence-electron chi connectivity index (χ1n) is 4.18. The number of carbonyl (C=O) groups excluding carboxylic acids is 1. The summed E-state index contributed by atoms with van der Waals surface area (Å²) in [5.74, 6) is 0. The van der Waals surface area contributed by atoms with Crippen LogP contribution in [-0.4, -0.2) is 5.24 Å². The molecule has 0 N–H and O–H groups in total. The first-order chi connectivity index (χ1) is 7.11. The number of carbonyl (C=O) groups is 1. The molecule has 76 valence electrons. The van der Waals surface area contributed by atoms with Gasteiger partial charge in [-0.25, -0.2) is 0 Å². The van der Waals surface area contributed by atoms with Crippen LogP contribution in [0.2, 0.25) is 5.02 Å². The number of benzene rings is 2. The highest BCUT2D eigenvalue weighted by Crippen LogP contribution is 2.33. The van der Waals surface area contributed by atoms with Crippen LogP contribution >= 0.6 is 39.1 Å². The number of hydrogen-bond donors (Lipinski definition) is 0. The van der Waals surface area contributed by atoms with Gasteiger partial charge >= 0.3 is 0 Å². The number of rotatable bonds is 1. The average molecular weight is 304 g/mol. The zero-order valence-electron chi connectivity index (χ0n) is 7.43. The van der Waals surface area contributed by atoms with Gasteiger partial charge in [0, 0.05) is 9.86 Å². The lowest BCUT2D eigenvalue weighted by molar-refractivity contribution is 0.108. The van der Waals surface area contributed by atoms with Crippen molar-refractivity contribution in [3.63, 3.8) is 0 Å². The Bertz CT molecular complexity index is 552. The number of halogens is 3. The minimum absolute atomic E-state index is 0.323. The van der Waals surface area contributed by atoms with Crippen molar-refractivity contribution in [2.75, 3.05) is 0 Å². The van der Waals surface area contributed by atoms with Crippen molar-refractivity contribution in [1.29, 1.82) is 0 Å². The van der Waals surface area contributed by atoms with Gasteiger partial charge in [0.2, 0.25) is 0 Å².